The first-order chi connectivity index (χ1) is 14.7. The van der Waals surface area contributed by atoms with E-state index in [1.165, 1.54) is 27.8 Å². The van der Waals surface area contributed by atoms with Crippen LogP contribution in [-0.2, 0) is 18.4 Å². The van der Waals surface area contributed by atoms with Crippen LogP contribution in [-0.4, -0.2) is 47.2 Å². The lowest BCUT2D eigenvalue weighted by Crippen LogP contribution is -2.41. The van der Waals surface area contributed by atoms with Crippen molar-refractivity contribution in [1.82, 2.24) is 9.79 Å². The van der Waals surface area contributed by atoms with Gasteiger partial charge in [0.2, 0.25) is 0 Å². The second kappa shape index (κ2) is 8.42. The molecular formula is C25H33BN2O3. The van der Waals surface area contributed by atoms with Crippen LogP contribution in [0.5, 0.6) is 5.75 Å². The maximum absolute atomic E-state index is 10.5. The van der Waals surface area contributed by atoms with Gasteiger partial charge in [0, 0.05) is 22.9 Å². The lowest BCUT2D eigenvalue weighted by molar-refractivity contribution is 0.0781. The molecule has 0 saturated carbocycles. The number of nitrogens with zero attached hydrogens (tertiary/aromatic N) is 2. The van der Waals surface area contributed by atoms with Crippen LogP contribution in [0.1, 0.15) is 60.2 Å². The molecule has 0 unspecified atom stereocenters. The largest absolute Gasteiger partial charge is 0.496 e. The number of rotatable bonds is 3. The molecular weight excluding hydrogens is 387 g/mol. The third-order valence-electron chi connectivity index (χ3n) is 6.66. The van der Waals surface area contributed by atoms with Crippen LogP contribution >= 0.6 is 0 Å². The van der Waals surface area contributed by atoms with Crippen molar-refractivity contribution in [2.75, 3.05) is 20.2 Å². The van der Waals surface area contributed by atoms with Crippen LogP contribution in [0.2, 0.25) is 6.82 Å². The fraction of sp³-hybridized carbons (Fsp3) is 0.480. The zero-order valence-corrected chi connectivity index (χ0v) is 19.3. The van der Waals surface area contributed by atoms with Crippen molar-refractivity contribution in [3.05, 3.63) is 63.5 Å². The summed E-state index contributed by atoms with van der Waals surface area (Å²) in [6.45, 7) is 9.21. The summed E-state index contributed by atoms with van der Waals surface area (Å²) in [6.07, 6.45) is 5.39. The second-order valence-electron chi connectivity index (χ2n) is 9.44. The molecule has 2 aliphatic rings. The van der Waals surface area contributed by atoms with E-state index >= 15 is 0 Å². The summed E-state index contributed by atoms with van der Waals surface area (Å²) in [5.41, 5.74) is 8.31. The van der Waals surface area contributed by atoms with Gasteiger partial charge in [-0.2, -0.15) is 0 Å². The van der Waals surface area contributed by atoms with Crippen molar-refractivity contribution >= 4 is 12.6 Å². The second-order valence-corrected chi connectivity index (χ2v) is 9.44. The predicted molar refractivity (Wildman–Crippen MR) is 125 cm³/mol. The highest BCUT2D eigenvalue weighted by atomic mass is 16.5. The van der Waals surface area contributed by atoms with Crippen molar-refractivity contribution in [2.24, 2.45) is 0 Å². The molecule has 1 fully saturated rings. The lowest BCUT2D eigenvalue weighted by atomic mass is 9.80. The minimum absolute atomic E-state index is 0.426. The molecule has 0 radical (unpaired) electrons. The Hall–Kier alpha value is -2.15. The van der Waals surface area contributed by atoms with E-state index in [2.05, 4.69) is 29.9 Å². The number of piperidine rings is 1. The maximum atomic E-state index is 10.5. The Morgan fingerprint density at radius 3 is 2.35 bits per heavy atom. The van der Waals surface area contributed by atoms with E-state index in [0.717, 1.165) is 61.3 Å². The van der Waals surface area contributed by atoms with Gasteiger partial charge in [0.05, 0.1) is 18.4 Å². The highest BCUT2D eigenvalue weighted by molar-refractivity contribution is 6.45. The molecule has 164 valence electrons. The number of fused-ring (bicyclic) bond motifs is 2. The third-order valence-corrected chi connectivity index (χ3v) is 6.66. The Balaban J connectivity index is 1.92. The summed E-state index contributed by atoms with van der Waals surface area (Å²) >= 11 is 0. The Morgan fingerprint density at radius 1 is 1.06 bits per heavy atom. The molecule has 6 heteroatoms. The Morgan fingerprint density at radius 2 is 1.74 bits per heavy atom. The Kier molecular flexibility index (Phi) is 5.99. The van der Waals surface area contributed by atoms with Crippen molar-refractivity contribution in [1.29, 1.82) is 0 Å². The van der Waals surface area contributed by atoms with Gasteiger partial charge in [0.15, 0.2) is 0 Å². The van der Waals surface area contributed by atoms with E-state index in [-0.39, 0.29) is 0 Å². The molecule has 1 saturated heterocycles. The molecule has 1 aliphatic heterocycles. The SMILES string of the molecule is COc1cc(C)cc2c1C(=C1CCN(B(C)O)CC1)c1ncc(C(C)(C)O)cc1CC2. The lowest BCUT2D eigenvalue weighted by Gasteiger charge is -2.31. The number of aryl methyl sites for hydroxylation is 3. The van der Waals surface area contributed by atoms with E-state index in [1.54, 1.807) is 21.0 Å². The van der Waals surface area contributed by atoms with Crippen LogP contribution in [0.3, 0.4) is 0 Å². The molecule has 0 spiro atoms. The average Bonchev–Trinajstić information content (AvgIpc) is 2.89. The van der Waals surface area contributed by atoms with E-state index in [1.807, 2.05) is 13.0 Å². The number of hydrogen-bond donors (Lipinski definition) is 2. The zero-order chi connectivity index (χ0) is 22.3. The number of aliphatic hydroxyl groups is 1. The summed E-state index contributed by atoms with van der Waals surface area (Å²) in [5, 5.41) is 20.6. The fourth-order valence-electron chi connectivity index (χ4n) is 4.88. The quantitative estimate of drug-likeness (QED) is 0.741. The van der Waals surface area contributed by atoms with Gasteiger partial charge in [-0.3, -0.25) is 4.98 Å². The number of ether oxygens (including phenoxy) is 1. The van der Waals surface area contributed by atoms with Crippen molar-refractivity contribution in [2.45, 2.75) is 58.9 Å². The standard InChI is InChI=1S/C25H33BN2O3/c1-16-12-18-6-7-19-14-20(25(2,3)29)15-27-24(19)23(22(18)21(13-16)31-5)17-8-10-28(11-9-17)26(4)30/h12-15,29-30H,6-11H2,1-5H3. The number of aromatic nitrogens is 1. The molecule has 1 aliphatic carbocycles. The number of hydrogen-bond acceptors (Lipinski definition) is 5. The number of benzene rings is 1. The maximum Gasteiger partial charge on any atom is 0.376 e. The van der Waals surface area contributed by atoms with Crippen molar-refractivity contribution < 1.29 is 14.9 Å². The topological polar surface area (TPSA) is 65.8 Å². The van der Waals surface area contributed by atoms with E-state index in [9.17, 15) is 10.1 Å². The van der Waals surface area contributed by atoms with Crippen LogP contribution in [0.4, 0.5) is 0 Å². The molecule has 1 aromatic heterocycles. The van der Waals surface area contributed by atoms with E-state index < -0.39 is 12.7 Å². The molecule has 5 nitrogen and oxygen atoms in total. The molecule has 0 bridgehead atoms. The highest BCUT2D eigenvalue weighted by Crippen LogP contribution is 2.43. The summed E-state index contributed by atoms with van der Waals surface area (Å²) in [6, 6.07) is 6.51. The third kappa shape index (κ3) is 4.29. The van der Waals surface area contributed by atoms with Crippen molar-refractivity contribution in [3.8, 4) is 5.75 Å². The summed E-state index contributed by atoms with van der Waals surface area (Å²) in [5.74, 6) is 0.900. The average molecular weight is 420 g/mol. The van der Waals surface area contributed by atoms with Gasteiger partial charge in [-0.25, -0.2) is 0 Å². The smallest absolute Gasteiger partial charge is 0.376 e. The summed E-state index contributed by atoms with van der Waals surface area (Å²) in [7, 11) is 1.31. The Bertz CT molecular complexity index is 1010. The van der Waals surface area contributed by atoms with Gasteiger partial charge >= 0.3 is 7.05 Å². The zero-order valence-electron chi connectivity index (χ0n) is 19.3. The van der Waals surface area contributed by atoms with Crippen LogP contribution in [0.15, 0.2) is 30.0 Å². The van der Waals surface area contributed by atoms with Crippen LogP contribution in [0, 0.1) is 6.92 Å². The first kappa shape index (κ1) is 22.1. The highest BCUT2D eigenvalue weighted by Gasteiger charge is 2.30. The monoisotopic (exact) mass is 420 g/mol. The van der Waals surface area contributed by atoms with Crippen molar-refractivity contribution in [3.63, 3.8) is 0 Å². The minimum Gasteiger partial charge on any atom is -0.496 e. The first-order valence-electron chi connectivity index (χ1n) is 11.2. The van der Waals surface area contributed by atoms with Crippen LogP contribution in [0.25, 0.3) is 5.57 Å². The molecule has 2 heterocycles. The number of methoxy groups -OCH3 is 1. The normalized spacial score (nSPS) is 17.1. The predicted octanol–water partition coefficient (Wildman–Crippen LogP) is 3.73. The van der Waals surface area contributed by atoms with Gasteiger partial charge < -0.3 is 19.7 Å². The molecule has 2 aromatic rings. The van der Waals surface area contributed by atoms with Crippen LogP contribution < -0.4 is 4.74 Å². The summed E-state index contributed by atoms with van der Waals surface area (Å²) in [4.78, 5) is 7.03. The fourth-order valence-corrected chi connectivity index (χ4v) is 4.88. The van der Waals surface area contributed by atoms with Gasteiger partial charge in [-0.05, 0) is 95.2 Å². The Labute approximate surface area is 185 Å². The first-order valence-corrected chi connectivity index (χ1v) is 11.2. The molecule has 2 N–H and O–H groups in total. The molecule has 4 rings (SSSR count). The van der Waals surface area contributed by atoms with Gasteiger partial charge in [0.25, 0.3) is 0 Å². The molecule has 0 atom stereocenters. The number of pyridine rings is 1. The minimum atomic E-state index is -0.925. The molecule has 0 amide bonds. The molecule has 1 aromatic carbocycles. The van der Waals surface area contributed by atoms with E-state index in [0.29, 0.717) is 0 Å². The van der Waals surface area contributed by atoms with Gasteiger partial charge in [-0.15, -0.1) is 0 Å². The summed E-state index contributed by atoms with van der Waals surface area (Å²) < 4.78 is 5.87. The van der Waals surface area contributed by atoms with E-state index in [4.69, 9.17) is 9.72 Å². The van der Waals surface area contributed by atoms with Gasteiger partial charge in [-0.1, -0.05) is 11.6 Å². The van der Waals surface area contributed by atoms with Gasteiger partial charge in [0.1, 0.15) is 5.75 Å². The molecule has 31 heavy (non-hydrogen) atoms.